The highest BCUT2D eigenvalue weighted by molar-refractivity contribution is 4.42. The second-order valence-corrected chi connectivity index (χ2v) is 4.83. The lowest BCUT2D eigenvalue weighted by molar-refractivity contribution is -0.299. The van der Waals surface area contributed by atoms with Crippen LogP contribution in [0.5, 0.6) is 0 Å². The Bertz CT molecular complexity index is 160. The van der Waals surface area contributed by atoms with E-state index >= 15 is 0 Å². The van der Waals surface area contributed by atoms with Crippen LogP contribution in [0, 0.1) is 0 Å². The fourth-order valence-corrected chi connectivity index (χ4v) is 1.74. The molecule has 5 nitrogen and oxygen atoms in total. The predicted molar refractivity (Wildman–Crippen MR) is 83.4 cm³/mol. The molecule has 0 fully saturated rings. The lowest BCUT2D eigenvalue weighted by Gasteiger charge is -2.06. The van der Waals surface area contributed by atoms with Crippen molar-refractivity contribution in [3.63, 3.8) is 0 Å². The summed E-state index contributed by atoms with van der Waals surface area (Å²) >= 11 is 0. The van der Waals surface area contributed by atoms with Crippen LogP contribution < -0.4 is 0 Å². The van der Waals surface area contributed by atoms with Gasteiger partial charge in [-0.3, -0.25) is 0 Å². The summed E-state index contributed by atoms with van der Waals surface area (Å²) in [6.07, 6.45) is 7.54. The van der Waals surface area contributed by atoms with Gasteiger partial charge in [-0.25, -0.2) is 9.78 Å². The van der Waals surface area contributed by atoms with Crippen molar-refractivity contribution in [3.8, 4) is 0 Å². The molecule has 0 saturated carbocycles. The first-order valence-corrected chi connectivity index (χ1v) is 8.39. The number of hydrogen-bond donors (Lipinski definition) is 0. The van der Waals surface area contributed by atoms with Gasteiger partial charge in [0.2, 0.25) is 0 Å². The summed E-state index contributed by atoms with van der Waals surface area (Å²) in [7, 11) is 0. The van der Waals surface area contributed by atoms with E-state index in [-0.39, 0.29) is 0 Å². The molecule has 0 saturated heterocycles. The highest BCUT2D eigenvalue weighted by Gasteiger charge is 1.94. The minimum Gasteiger partial charge on any atom is -0.379 e. The summed E-state index contributed by atoms with van der Waals surface area (Å²) in [6.45, 7) is 9.03. The quantitative estimate of drug-likeness (QED) is 0.221. The summed E-state index contributed by atoms with van der Waals surface area (Å²) in [5.41, 5.74) is 0. The van der Waals surface area contributed by atoms with Crippen molar-refractivity contribution in [1.82, 2.24) is 0 Å². The zero-order chi connectivity index (χ0) is 15.4. The van der Waals surface area contributed by atoms with Gasteiger partial charge in [0.15, 0.2) is 0 Å². The zero-order valence-electron chi connectivity index (χ0n) is 13.9. The van der Waals surface area contributed by atoms with Crippen molar-refractivity contribution >= 4 is 0 Å². The van der Waals surface area contributed by atoms with Crippen molar-refractivity contribution in [2.75, 3.05) is 52.9 Å². The second-order valence-electron chi connectivity index (χ2n) is 4.83. The molecular weight excluding hydrogens is 272 g/mol. The Morgan fingerprint density at radius 3 is 1.67 bits per heavy atom. The van der Waals surface area contributed by atoms with Gasteiger partial charge in [0.05, 0.1) is 39.6 Å². The van der Waals surface area contributed by atoms with E-state index in [1.54, 1.807) is 0 Å². The van der Waals surface area contributed by atoms with Gasteiger partial charge < -0.3 is 14.2 Å². The van der Waals surface area contributed by atoms with Gasteiger partial charge in [-0.2, -0.15) is 0 Å². The molecule has 0 aromatic carbocycles. The second kappa shape index (κ2) is 19.8. The molecule has 21 heavy (non-hydrogen) atoms. The maximum atomic E-state index is 5.34. The summed E-state index contributed by atoms with van der Waals surface area (Å²) in [4.78, 5) is 10.1. The van der Waals surface area contributed by atoms with E-state index in [1.165, 1.54) is 32.1 Å². The molecule has 0 radical (unpaired) electrons. The van der Waals surface area contributed by atoms with E-state index in [0.29, 0.717) is 46.2 Å². The molecule has 0 spiro atoms. The van der Waals surface area contributed by atoms with Crippen LogP contribution in [-0.4, -0.2) is 52.9 Å². The van der Waals surface area contributed by atoms with Crippen LogP contribution in [0.1, 0.15) is 52.4 Å². The maximum Gasteiger partial charge on any atom is 0.106 e. The fourth-order valence-electron chi connectivity index (χ4n) is 1.74. The first-order valence-electron chi connectivity index (χ1n) is 8.39. The van der Waals surface area contributed by atoms with Crippen LogP contribution in [0.3, 0.4) is 0 Å². The topological polar surface area (TPSA) is 46.2 Å². The van der Waals surface area contributed by atoms with Crippen molar-refractivity contribution < 1.29 is 24.0 Å². The summed E-state index contributed by atoms with van der Waals surface area (Å²) in [5.74, 6) is 0. The molecule has 0 atom stereocenters. The normalized spacial score (nSPS) is 11.1. The number of unbranched alkanes of at least 4 members (excludes halogenated alkanes) is 5. The maximum absolute atomic E-state index is 5.34. The highest BCUT2D eigenvalue weighted by Crippen LogP contribution is 2.04. The van der Waals surface area contributed by atoms with Gasteiger partial charge in [0.25, 0.3) is 0 Å². The summed E-state index contributed by atoms with van der Waals surface area (Å²) in [5, 5.41) is 0. The highest BCUT2D eigenvalue weighted by atomic mass is 17.2. The van der Waals surface area contributed by atoms with Gasteiger partial charge in [-0.1, -0.05) is 39.0 Å². The Balaban J connectivity index is 2.90. The van der Waals surface area contributed by atoms with Gasteiger partial charge in [-0.15, -0.1) is 0 Å². The van der Waals surface area contributed by atoms with E-state index in [2.05, 4.69) is 6.92 Å². The summed E-state index contributed by atoms with van der Waals surface area (Å²) < 4.78 is 15.8. The van der Waals surface area contributed by atoms with Crippen molar-refractivity contribution in [2.45, 2.75) is 52.4 Å². The van der Waals surface area contributed by atoms with Gasteiger partial charge >= 0.3 is 0 Å². The van der Waals surface area contributed by atoms with E-state index < -0.39 is 0 Å². The lowest BCUT2D eigenvalue weighted by atomic mass is 10.1. The Kier molecular flexibility index (Phi) is 19.6. The molecular formula is C16H34O5. The molecule has 0 aromatic rings. The number of hydrogen-bond acceptors (Lipinski definition) is 5. The third-order valence-electron chi connectivity index (χ3n) is 2.92. The van der Waals surface area contributed by atoms with Crippen molar-refractivity contribution in [2.24, 2.45) is 0 Å². The van der Waals surface area contributed by atoms with Crippen molar-refractivity contribution in [1.29, 1.82) is 0 Å². The van der Waals surface area contributed by atoms with Gasteiger partial charge in [-0.05, 0) is 13.3 Å². The first-order chi connectivity index (χ1) is 10.4. The molecule has 0 amide bonds. The third kappa shape index (κ3) is 19.8. The van der Waals surface area contributed by atoms with E-state index in [4.69, 9.17) is 24.0 Å². The molecule has 0 aliphatic rings. The number of rotatable bonds is 18. The molecule has 0 N–H and O–H groups in total. The van der Waals surface area contributed by atoms with Crippen LogP contribution in [0.2, 0.25) is 0 Å². The standard InChI is InChI=1S/C16H34O5/c1-3-5-6-7-8-9-10-20-21-16-15-19-14-13-18-12-11-17-4-2/h3-16H2,1-2H3. The molecule has 128 valence electrons. The lowest BCUT2D eigenvalue weighted by Crippen LogP contribution is -2.12. The van der Waals surface area contributed by atoms with E-state index in [1.807, 2.05) is 6.92 Å². The average Bonchev–Trinajstić information content (AvgIpc) is 2.50. The third-order valence-corrected chi connectivity index (χ3v) is 2.92. The molecule has 5 heteroatoms. The minimum absolute atomic E-state index is 0.467. The molecule has 0 aliphatic heterocycles. The SMILES string of the molecule is CCCCCCCCOOCCOCCOCCOCC. The Hall–Kier alpha value is -0.200. The molecule has 0 aliphatic carbocycles. The molecule has 0 bridgehead atoms. The Labute approximate surface area is 130 Å². The van der Waals surface area contributed by atoms with Crippen LogP contribution in [0.15, 0.2) is 0 Å². The van der Waals surface area contributed by atoms with Gasteiger partial charge in [0.1, 0.15) is 6.61 Å². The largest absolute Gasteiger partial charge is 0.379 e. The minimum atomic E-state index is 0.467. The van der Waals surface area contributed by atoms with Crippen molar-refractivity contribution in [3.05, 3.63) is 0 Å². The Morgan fingerprint density at radius 1 is 0.476 bits per heavy atom. The van der Waals surface area contributed by atoms with Crippen LogP contribution in [-0.2, 0) is 24.0 Å². The van der Waals surface area contributed by atoms with Crippen LogP contribution in [0.4, 0.5) is 0 Å². The number of ether oxygens (including phenoxy) is 3. The van der Waals surface area contributed by atoms with Crippen LogP contribution in [0.25, 0.3) is 0 Å². The Morgan fingerprint density at radius 2 is 1.00 bits per heavy atom. The monoisotopic (exact) mass is 306 g/mol. The molecule has 0 heterocycles. The average molecular weight is 306 g/mol. The van der Waals surface area contributed by atoms with E-state index in [9.17, 15) is 0 Å². The molecule has 0 rings (SSSR count). The predicted octanol–water partition coefficient (Wildman–Crippen LogP) is 3.36. The summed E-state index contributed by atoms with van der Waals surface area (Å²) in [6, 6.07) is 0. The smallest absolute Gasteiger partial charge is 0.106 e. The van der Waals surface area contributed by atoms with Crippen LogP contribution >= 0.6 is 0 Å². The first kappa shape index (κ1) is 20.8. The fraction of sp³-hybridized carbons (Fsp3) is 1.00. The molecule has 0 unspecified atom stereocenters. The van der Waals surface area contributed by atoms with E-state index in [0.717, 1.165) is 13.0 Å². The zero-order valence-corrected chi connectivity index (χ0v) is 13.9. The van der Waals surface area contributed by atoms with Gasteiger partial charge in [0, 0.05) is 6.61 Å². The molecule has 0 aromatic heterocycles.